The van der Waals surface area contributed by atoms with Crippen LogP contribution in [0, 0.1) is 13.8 Å². The van der Waals surface area contributed by atoms with Gasteiger partial charge in [-0.2, -0.15) is 0 Å². The first-order chi connectivity index (χ1) is 11.1. The molecule has 1 aliphatic rings. The lowest BCUT2D eigenvalue weighted by Crippen LogP contribution is -2.65. The lowest BCUT2D eigenvalue weighted by molar-refractivity contribution is -0.654. The van der Waals surface area contributed by atoms with Crippen molar-refractivity contribution in [1.29, 1.82) is 0 Å². The van der Waals surface area contributed by atoms with Crippen molar-refractivity contribution in [2.24, 2.45) is 7.05 Å². The van der Waals surface area contributed by atoms with Crippen LogP contribution in [0.25, 0.3) is 17.2 Å². The second-order valence-electron chi connectivity index (χ2n) is 6.30. The van der Waals surface area contributed by atoms with Gasteiger partial charge in [-0.15, -0.1) is 0 Å². The highest BCUT2D eigenvalue weighted by Crippen LogP contribution is 2.22. The summed E-state index contributed by atoms with van der Waals surface area (Å²) in [7, 11) is 4.18. The Hall–Kier alpha value is -2.56. The zero-order valence-corrected chi connectivity index (χ0v) is 13.9. The number of hydrogen-bond donors (Lipinski definition) is 0. The van der Waals surface area contributed by atoms with Crippen LogP contribution in [0.1, 0.15) is 16.7 Å². The molecule has 5 heteroatoms. The monoisotopic (exact) mass is 304 g/mol. The van der Waals surface area contributed by atoms with E-state index in [0.29, 0.717) is 5.71 Å². The fourth-order valence-electron chi connectivity index (χ4n) is 3.33. The van der Waals surface area contributed by atoms with Crippen LogP contribution >= 0.6 is 0 Å². The smallest absolute Gasteiger partial charge is 0.443 e. The first-order valence-corrected chi connectivity index (χ1v) is 7.80. The summed E-state index contributed by atoms with van der Waals surface area (Å²) in [4.78, 5) is 6.56. The molecule has 0 radical (unpaired) electrons. The molecule has 0 saturated carbocycles. The molecule has 0 fully saturated rings. The standard InChI is InChI=1S/C18H19BN3O/c1-12-10-16(21(3)11-13(12)2)19-17-14(7-9-22(19)4)15-6-5-8-20-18(15)23-17/h5-11H,1-4H3/q+1. The van der Waals surface area contributed by atoms with Gasteiger partial charge in [0.2, 0.25) is 5.71 Å². The normalized spacial score (nSPS) is 13.7. The van der Waals surface area contributed by atoms with E-state index in [-0.39, 0.29) is 6.85 Å². The summed E-state index contributed by atoms with van der Waals surface area (Å²) in [5, 5.41) is 1.07. The van der Waals surface area contributed by atoms with E-state index in [2.05, 4.69) is 72.9 Å². The second kappa shape index (κ2) is 4.98. The summed E-state index contributed by atoms with van der Waals surface area (Å²) >= 11 is 0. The first-order valence-electron chi connectivity index (χ1n) is 7.80. The average molecular weight is 304 g/mol. The van der Waals surface area contributed by atoms with E-state index in [9.17, 15) is 0 Å². The SMILES string of the molecule is Cc1cc(B2c3oc4ncccc4c3C=CN2C)[n+](C)cc1C. The zero-order chi connectivity index (χ0) is 16.1. The van der Waals surface area contributed by atoms with Gasteiger partial charge in [0.25, 0.3) is 0 Å². The van der Waals surface area contributed by atoms with Crippen molar-refractivity contribution < 1.29 is 8.98 Å². The van der Waals surface area contributed by atoms with Crippen LogP contribution in [-0.2, 0) is 7.05 Å². The Labute approximate surface area is 136 Å². The van der Waals surface area contributed by atoms with Gasteiger partial charge in [-0.3, -0.25) is 0 Å². The molecule has 114 valence electrons. The second-order valence-corrected chi connectivity index (χ2v) is 6.30. The molecule has 0 unspecified atom stereocenters. The molecule has 1 aliphatic heterocycles. The Balaban J connectivity index is 1.97. The molecule has 0 aliphatic carbocycles. The van der Waals surface area contributed by atoms with E-state index in [1.807, 2.05) is 6.07 Å². The number of nitrogens with zero attached hydrogens (tertiary/aromatic N) is 3. The highest BCUT2D eigenvalue weighted by Gasteiger charge is 2.40. The van der Waals surface area contributed by atoms with Crippen molar-refractivity contribution >= 4 is 35.3 Å². The van der Waals surface area contributed by atoms with Crippen LogP contribution in [0.2, 0.25) is 0 Å². The van der Waals surface area contributed by atoms with Crippen LogP contribution in [0.15, 0.2) is 41.2 Å². The van der Waals surface area contributed by atoms with Gasteiger partial charge in [0.15, 0.2) is 11.8 Å². The summed E-state index contributed by atoms with van der Waals surface area (Å²) in [6.07, 6.45) is 8.18. The number of aryl methyl sites for hydroxylation is 3. The first kappa shape index (κ1) is 14.1. The third-order valence-corrected chi connectivity index (χ3v) is 4.73. The maximum atomic E-state index is 6.14. The van der Waals surface area contributed by atoms with Crippen LogP contribution in [0.5, 0.6) is 0 Å². The summed E-state index contributed by atoms with van der Waals surface area (Å²) in [5.41, 5.74) is 6.58. The van der Waals surface area contributed by atoms with E-state index in [0.717, 1.165) is 16.6 Å². The maximum absolute atomic E-state index is 6.14. The van der Waals surface area contributed by atoms with Crippen molar-refractivity contribution in [2.75, 3.05) is 7.05 Å². The maximum Gasteiger partial charge on any atom is 0.443 e. The number of aromatic nitrogens is 2. The van der Waals surface area contributed by atoms with Gasteiger partial charge in [0.1, 0.15) is 12.7 Å². The molecule has 0 N–H and O–H groups in total. The Morgan fingerprint density at radius 1 is 1.26 bits per heavy atom. The minimum absolute atomic E-state index is 0.0495. The number of furan rings is 1. The highest BCUT2D eigenvalue weighted by atomic mass is 16.3. The third-order valence-electron chi connectivity index (χ3n) is 4.73. The van der Waals surface area contributed by atoms with Gasteiger partial charge >= 0.3 is 6.85 Å². The van der Waals surface area contributed by atoms with Crippen molar-refractivity contribution in [3.8, 4) is 0 Å². The van der Waals surface area contributed by atoms with Gasteiger partial charge in [0.05, 0.1) is 0 Å². The highest BCUT2D eigenvalue weighted by molar-refractivity contribution is 6.82. The molecule has 0 bridgehead atoms. The molecule has 0 atom stereocenters. The minimum Gasteiger partial charge on any atom is -0.449 e. The van der Waals surface area contributed by atoms with Crippen LogP contribution in [0.4, 0.5) is 0 Å². The van der Waals surface area contributed by atoms with Crippen LogP contribution < -0.4 is 15.8 Å². The third kappa shape index (κ3) is 2.07. The van der Waals surface area contributed by atoms with E-state index >= 15 is 0 Å². The molecule has 4 heterocycles. The molecule has 3 aromatic heterocycles. The number of hydrogen-bond acceptors (Lipinski definition) is 3. The minimum atomic E-state index is 0.0495. The Morgan fingerprint density at radius 3 is 2.91 bits per heavy atom. The van der Waals surface area contributed by atoms with Gasteiger partial charge in [-0.25, -0.2) is 9.55 Å². The van der Waals surface area contributed by atoms with E-state index < -0.39 is 0 Å². The summed E-state index contributed by atoms with van der Waals surface area (Å²) < 4.78 is 8.32. The number of fused-ring (bicyclic) bond motifs is 3. The van der Waals surface area contributed by atoms with Crippen LogP contribution in [-0.4, -0.2) is 23.7 Å². The molecule has 4 nitrogen and oxygen atoms in total. The van der Waals surface area contributed by atoms with E-state index in [1.165, 1.54) is 16.7 Å². The van der Waals surface area contributed by atoms with Gasteiger partial charge in [-0.1, -0.05) is 0 Å². The fourth-order valence-corrected chi connectivity index (χ4v) is 3.33. The van der Waals surface area contributed by atoms with Gasteiger partial charge in [-0.05, 0) is 50.9 Å². The molecule has 4 rings (SSSR count). The lowest BCUT2D eigenvalue weighted by Gasteiger charge is -2.24. The molecule has 3 aromatic rings. The predicted octanol–water partition coefficient (Wildman–Crippen LogP) is 1.29. The molecular weight excluding hydrogens is 285 g/mol. The van der Waals surface area contributed by atoms with Crippen molar-refractivity contribution in [2.45, 2.75) is 13.8 Å². The predicted molar refractivity (Wildman–Crippen MR) is 92.9 cm³/mol. The number of rotatable bonds is 1. The van der Waals surface area contributed by atoms with E-state index in [4.69, 9.17) is 4.42 Å². The van der Waals surface area contributed by atoms with Gasteiger partial charge < -0.3 is 9.23 Å². The summed E-state index contributed by atoms with van der Waals surface area (Å²) in [5.74, 6) is 0. The molecule has 0 spiro atoms. The Bertz CT molecular complexity index is 945. The summed E-state index contributed by atoms with van der Waals surface area (Å²) in [6, 6.07) is 6.27. The molecular formula is C18H19BN3O+. The van der Waals surface area contributed by atoms with Crippen molar-refractivity contribution in [3.05, 3.63) is 53.5 Å². The van der Waals surface area contributed by atoms with Gasteiger partial charge in [0, 0.05) is 28.8 Å². The van der Waals surface area contributed by atoms with Crippen LogP contribution in [0.3, 0.4) is 0 Å². The van der Waals surface area contributed by atoms with Crippen molar-refractivity contribution in [1.82, 2.24) is 9.79 Å². The number of pyridine rings is 2. The lowest BCUT2D eigenvalue weighted by atomic mass is 9.52. The quantitative estimate of drug-likeness (QED) is 0.502. The zero-order valence-electron chi connectivity index (χ0n) is 13.9. The molecule has 0 saturated heterocycles. The largest absolute Gasteiger partial charge is 0.449 e. The topological polar surface area (TPSA) is 33.2 Å². The van der Waals surface area contributed by atoms with Crippen molar-refractivity contribution in [3.63, 3.8) is 0 Å². The summed E-state index contributed by atoms with van der Waals surface area (Å²) in [6.45, 7) is 4.34. The Morgan fingerprint density at radius 2 is 2.09 bits per heavy atom. The fraction of sp³-hybridized carbons (Fsp3) is 0.222. The molecule has 23 heavy (non-hydrogen) atoms. The van der Waals surface area contributed by atoms with E-state index in [1.54, 1.807) is 6.20 Å². The average Bonchev–Trinajstić information content (AvgIpc) is 2.90. The molecule has 0 amide bonds. The molecule has 0 aromatic carbocycles. The Kier molecular flexibility index (Phi) is 3.05.